The summed E-state index contributed by atoms with van der Waals surface area (Å²) in [5.74, 6) is -0.0326. The van der Waals surface area contributed by atoms with Gasteiger partial charge in [0.15, 0.2) is 0 Å². The molecule has 0 aliphatic heterocycles. The molecule has 0 spiro atoms. The Kier molecular flexibility index (Phi) is 3.50. The Hall–Kier alpha value is -0.890. The molecule has 18 heavy (non-hydrogen) atoms. The van der Waals surface area contributed by atoms with E-state index in [0.717, 1.165) is 30.5 Å². The van der Waals surface area contributed by atoms with Gasteiger partial charge < -0.3 is 5.32 Å². The maximum absolute atomic E-state index is 14.1. The summed E-state index contributed by atoms with van der Waals surface area (Å²) in [6.07, 6.45) is 2.17. The Bertz CT molecular complexity index is 463. The molecule has 1 N–H and O–H groups in total. The molecule has 1 nitrogen and oxygen atoms in total. The molecule has 0 fully saturated rings. The monoisotopic (exact) mass is 249 g/mol. The molecule has 1 aromatic rings. The first-order valence-electron chi connectivity index (χ1n) is 6.92. The first-order valence-corrected chi connectivity index (χ1v) is 6.92. The van der Waals surface area contributed by atoms with E-state index in [2.05, 4.69) is 26.1 Å². The summed E-state index contributed by atoms with van der Waals surface area (Å²) in [5.41, 5.74) is 4.29. The Morgan fingerprint density at radius 2 is 2.06 bits per heavy atom. The third kappa shape index (κ3) is 2.07. The highest BCUT2D eigenvalue weighted by molar-refractivity contribution is 5.49. The minimum atomic E-state index is -0.0326. The molecule has 1 unspecified atom stereocenters. The Labute approximate surface area is 110 Å². The topological polar surface area (TPSA) is 12.0 Å². The van der Waals surface area contributed by atoms with Crippen LogP contribution in [0.25, 0.3) is 0 Å². The van der Waals surface area contributed by atoms with Crippen LogP contribution in [0.15, 0.2) is 6.07 Å². The summed E-state index contributed by atoms with van der Waals surface area (Å²) in [6, 6.07) is 2.36. The zero-order chi connectivity index (χ0) is 13.5. The number of nitrogens with one attached hydrogen (secondary N) is 1. The summed E-state index contributed by atoms with van der Waals surface area (Å²) in [7, 11) is 0. The molecule has 1 aliphatic rings. The predicted molar refractivity (Wildman–Crippen MR) is 74.6 cm³/mol. The zero-order valence-electron chi connectivity index (χ0n) is 12.2. The van der Waals surface area contributed by atoms with E-state index >= 15 is 0 Å². The lowest BCUT2D eigenvalue weighted by molar-refractivity contribution is 0.427. The van der Waals surface area contributed by atoms with Crippen molar-refractivity contribution in [3.8, 4) is 0 Å². The molecule has 0 bridgehead atoms. The fourth-order valence-corrected chi connectivity index (χ4v) is 3.20. The number of halogens is 1. The van der Waals surface area contributed by atoms with Crippen molar-refractivity contribution in [3.05, 3.63) is 34.1 Å². The lowest BCUT2D eigenvalue weighted by atomic mass is 9.85. The fourth-order valence-electron chi connectivity index (χ4n) is 3.20. The second-order valence-corrected chi connectivity index (χ2v) is 6.19. The first kappa shape index (κ1) is 13.5. The van der Waals surface area contributed by atoms with Crippen LogP contribution >= 0.6 is 0 Å². The average Bonchev–Trinajstić information content (AvgIpc) is 2.55. The van der Waals surface area contributed by atoms with Crippen LogP contribution in [-0.2, 0) is 5.41 Å². The van der Waals surface area contributed by atoms with Gasteiger partial charge in [0.25, 0.3) is 0 Å². The summed E-state index contributed by atoms with van der Waals surface area (Å²) in [5, 5.41) is 3.56. The van der Waals surface area contributed by atoms with Gasteiger partial charge in [-0.3, -0.25) is 0 Å². The molecule has 0 saturated carbocycles. The van der Waals surface area contributed by atoms with Crippen LogP contribution in [0.4, 0.5) is 4.39 Å². The highest BCUT2D eigenvalue weighted by Crippen LogP contribution is 2.46. The predicted octanol–water partition coefficient (Wildman–Crippen LogP) is 4.16. The standard InChI is InChI=1S/C16H24FN/c1-6-7-18-13-9-16(4,5)12-8-10(2)15(17)11(3)14(12)13/h8,13,18H,6-7,9H2,1-5H3. The highest BCUT2D eigenvalue weighted by atomic mass is 19.1. The second-order valence-electron chi connectivity index (χ2n) is 6.19. The molecule has 1 atom stereocenters. The number of rotatable bonds is 3. The van der Waals surface area contributed by atoms with E-state index in [1.807, 2.05) is 19.9 Å². The van der Waals surface area contributed by atoms with E-state index in [1.165, 1.54) is 11.1 Å². The van der Waals surface area contributed by atoms with Crippen LogP contribution in [0.5, 0.6) is 0 Å². The molecule has 0 aromatic heterocycles. The molecule has 1 aromatic carbocycles. The van der Waals surface area contributed by atoms with E-state index in [9.17, 15) is 4.39 Å². The highest BCUT2D eigenvalue weighted by Gasteiger charge is 2.38. The molecular weight excluding hydrogens is 225 g/mol. The molecule has 0 amide bonds. The molecular formula is C16H24FN. The van der Waals surface area contributed by atoms with Crippen LogP contribution in [0.2, 0.25) is 0 Å². The number of hydrogen-bond donors (Lipinski definition) is 1. The number of benzene rings is 1. The van der Waals surface area contributed by atoms with Crippen LogP contribution in [0.1, 0.15) is 61.9 Å². The van der Waals surface area contributed by atoms with Gasteiger partial charge >= 0.3 is 0 Å². The van der Waals surface area contributed by atoms with Crippen molar-refractivity contribution in [1.82, 2.24) is 5.32 Å². The summed E-state index contributed by atoms with van der Waals surface area (Å²) >= 11 is 0. The third-order valence-corrected chi connectivity index (χ3v) is 4.16. The summed E-state index contributed by atoms with van der Waals surface area (Å²) < 4.78 is 14.1. The maximum Gasteiger partial charge on any atom is 0.129 e. The lowest BCUT2D eigenvalue weighted by Gasteiger charge is -2.20. The van der Waals surface area contributed by atoms with E-state index < -0.39 is 0 Å². The third-order valence-electron chi connectivity index (χ3n) is 4.16. The Balaban J connectivity index is 2.50. The van der Waals surface area contributed by atoms with E-state index in [-0.39, 0.29) is 11.2 Å². The number of hydrogen-bond acceptors (Lipinski definition) is 1. The molecule has 100 valence electrons. The quantitative estimate of drug-likeness (QED) is 0.848. The van der Waals surface area contributed by atoms with Crippen LogP contribution in [-0.4, -0.2) is 6.54 Å². The van der Waals surface area contributed by atoms with Gasteiger partial charge in [0.05, 0.1) is 0 Å². The minimum absolute atomic E-state index is 0.0326. The average molecular weight is 249 g/mol. The van der Waals surface area contributed by atoms with E-state index in [1.54, 1.807) is 0 Å². The van der Waals surface area contributed by atoms with Gasteiger partial charge in [-0.05, 0) is 60.9 Å². The SMILES string of the molecule is CCCNC1CC(C)(C)c2cc(C)c(F)c(C)c21. The normalized spacial score (nSPS) is 21.1. The van der Waals surface area contributed by atoms with Gasteiger partial charge in [0.1, 0.15) is 5.82 Å². The summed E-state index contributed by atoms with van der Waals surface area (Å²) in [6.45, 7) is 11.5. The Morgan fingerprint density at radius 1 is 1.39 bits per heavy atom. The van der Waals surface area contributed by atoms with Crippen molar-refractivity contribution < 1.29 is 4.39 Å². The number of fused-ring (bicyclic) bond motifs is 1. The molecule has 0 radical (unpaired) electrons. The minimum Gasteiger partial charge on any atom is -0.310 e. The van der Waals surface area contributed by atoms with Crippen molar-refractivity contribution in [1.29, 1.82) is 0 Å². The molecule has 2 heteroatoms. The van der Waals surface area contributed by atoms with Crippen LogP contribution in [0, 0.1) is 19.7 Å². The molecule has 2 rings (SSSR count). The van der Waals surface area contributed by atoms with Crippen LogP contribution < -0.4 is 5.32 Å². The van der Waals surface area contributed by atoms with Crippen molar-refractivity contribution in [2.75, 3.05) is 6.54 Å². The van der Waals surface area contributed by atoms with Gasteiger partial charge in [0.2, 0.25) is 0 Å². The second kappa shape index (κ2) is 4.65. The van der Waals surface area contributed by atoms with Gasteiger partial charge in [-0.25, -0.2) is 4.39 Å². The smallest absolute Gasteiger partial charge is 0.129 e. The van der Waals surface area contributed by atoms with Gasteiger partial charge in [-0.2, -0.15) is 0 Å². The van der Waals surface area contributed by atoms with Crippen molar-refractivity contribution in [2.24, 2.45) is 0 Å². The van der Waals surface area contributed by atoms with Crippen molar-refractivity contribution >= 4 is 0 Å². The van der Waals surface area contributed by atoms with Gasteiger partial charge in [0, 0.05) is 6.04 Å². The molecule has 0 saturated heterocycles. The largest absolute Gasteiger partial charge is 0.310 e. The van der Waals surface area contributed by atoms with E-state index in [0.29, 0.717) is 6.04 Å². The summed E-state index contributed by atoms with van der Waals surface area (Å²) in [4.78, 5) is 0. The van der Waals surface area contributed by atoms with E-state index in [4.69, 9.17) is 0 Å². The molecule has 1 aliphatic carbocycles. The van der Waals surface area contributed by atoms with Crippen molar-refractivity contribution in [2.45, 2.75) is 58.9 Å². The Morgan fingerprint density at radius 3 is 2.67 bits per heavy atom. The lowest BCUT2D eigenvalue weighted by Crippen LogP contribution is -2.22. The first-order chi connectivity index (χ1) is 8.38. The number of aryl methyl sites for hydroxylation is 1. The van der Waals surface area contributed by atoms with Gasteiger partial charge in [-0.1, -0.05) is 26.8 Å². The zero-order valence-corrected chi connectivity index (χ0v) is 12.2. The fraction of sp³-hybridized carbons (Fsp3) is 0.625. The maximum atomic E-state index is 14.1. The van der Waals surface area contributed by atoms with Gasteiger partial charge in [-0.15, -0.1) is 0 Å². The van der Waals surface area contributed by atoms with Crippen molar-refractivity contribution in [3.63, 3.8) is 0 Å². The van der Waals surface area contributed by atoms with Crippen LogP contribution in [0.3, 0.4) is 0 Å². The molecule has 0 heterocycles.